The van der Waals surface area contributed by atoms with Gasteiger partial charge in [0.05, 0.1) is 0 Å². The van der Waals surface area contributed by atoms with Gasteiger partial charge in [0.1, 0.15) is 5.60 Å². The molecule has 0 radical (unpaired) electrons. The molecule has 0 aromatic carbocycles. The van der Waals surface area contributed by atoms with E-state index in [0.717, 1.165) is 0 Å². The average molecular weight is 196 g/mol. The maximum atomic E-state index is 11.3. The first kappa shape index (κ1) is 10.4. The van der Waals surface area contributed by atoms with Gasteiger partial charge >= 0.3 is 11.8 Å². The van der Waals surface area contributed by atoms with Crippen LogP contribution < -0.4 is 0 Å². The van der Waals surface area contributed by atoms with E-state index in [1.165, 1.54) is 12.4 Å². The number of nitrogens with zero attached hydrogens (tertiary/aromatic N) is 1. The van der Waals surface area contributed by atoms with Gasteiger partial charge in [0.2, 0.25) is 0 Å². The van der Waals surface area contributed by atoms with E-state index in [4.69, 9.17) is 4.74 Å². The molecule has 0 aliphatic rings. The Morgan fingerprint density at radius 2 is 2.07 bits per heavy atom. The molecule has 0 saturated heterocycles. The molecule has 1 N–H and O–H groups in total. The van der Waals surface area contributed by atoms with Crippen LogP contribution in [-0.4, -0.2) is 27.3 Å². The fourth-order valence-corrected chi connectivity index (χ4v) is 0.811. The molecule has 0 atom stereocenters. The van der Waals surface area contributed by atoms with Gasteiger partial charge in [-0.15, -0.1) is 0 Å². The van der Waals surface area contributed by atoms with Crippen molar-refractivity contribution in [3.8, 4) is 0 Å². The van der Waals surface area contributed by atoms with E-state index in [2.05, 4.69) is 9.97 Å². The van der Waals surface area contributed by atoms with Gasteiger partial charge in [-0.3, -0.25) is 4.79 Å². The van der Waals surface area contributed by atoms with Crippen molar-refractivity contribution in [1.29, 1.82) is 0 Å². The van der Waals surface area contributed by atoms with E-state index in [-0.39, 0.29) is 5.82 Å². The zero-order chi connectivity index (χ0) is 10.8. The molecule has 5 heteroatoms. The highest BCUT2D eigenvalue weighted by Gasteiger charge is 2.25. The van der Waals surface area contributed by atoms with E-state index >= 15 is 0 Å². The zero-order valence-electron chi connectivity index (χ0n) is 8.33. The summed E-state index contributed by atoms with van der Waals surface area (Å²) in [5.41, 5.74) is -0.667. The van der Waals surface area contributed by atoms with Crippen molar-refractivity contribution in [3.63, 3.8) is 0 Å². The van der Waals surface area contributed by atoms with Crippen LogP contribution in [0.3, 0.4) is 0 Å². The molecule has 1 aromatic rings. The number of aromatic amines is 1. The number of hydrogen-bond acceptors (Lipinski definition) is 4. The first-order chi connectivity index (χ1) is 6.40. The highest BCUT2D eigenvalue weighted by Crippen LogP contribution is 2.08. The first-order valence-corrected chi connectivity index (χ1v) is 4.17. The third kappa shape index (κ3) is 2.69. The molecule has 0 aliphatic heterocycles. The number of rotatable bonds is 2. The largest absolute Gasteiger partial charge is 0.454 e. The number of carbonyl (C=O) groups is 2. The number of imidazole rings is 1. The molecule has 0 bridgehead atoms. The Bertz CT molecular complexity index is 335. The molecule has 0 fully saturated rings. The monoisotopic (exact) mass is 196 g/mol. The van der Waals surface area contributed by atoms with Gasteiger partial charge in [0, 0.05) is 12.4 Å². The molecule has 0 amide bonds. The third-order valence-corrected chi connectivity index (χ3v) is 1.30. The summed E-state index contributed by atoms with van der Waals surface area (Å²) >= 11 is 0. The second-order valence-corrected chi connectivity index (χ2v) is 3.77. The number of ketones is 1. The second kappa shape index (κ2) is 3.61. The molecule has 0 spiro atoms. The molecular formula is C9H12N2O3. The summed E-state index contributed by atoms with van der Waals surface area (Å²) in [6.07, 6.45) is 2.87. The number of aromatic nitrogens is 2. The lowest BCUT2D eigenvalue weighted by atomic mass is 10.2. The predicted octanol–water partition coefficient (Wildman–Crippen LogP) is 0.934. The van der Waals surface area contributed by atoms with Crippen molar-refractivity contribution in [1.82, 2.24) is 9.97 Å². The summed E-state index contributed by atoms with van der Waals surface area (Å²) in [5.74, 6) is -1.66. The van der Waals surface area contributed by atoms with Crippen LogP contribution in [0.5, 0.6) is 0 Å². The maximum Gasteiger partial charge on any atom is 0.383 e. The number of carbonyl (C=O) groups excluding carboxylic acids is 2. The molecule has 1 heterocycles. The number of hydrogen-bond donors (Lipinski definition) is 1. The van der Waals surface area contributed by atoms with Crippen molar-refractivity contribution >= 4 is 11.8 Å². The van der Waals surface area contributed by atoms with Crippen molar-refractivity contribution in [2.45, 2.75) is 26.4 Å². The molecule has 1 aromatic heterocycles. The molecular weight excluding hydrogens is 184 g/mol. The summed E-state index contributed by atoms with van der Waals surface area (Å²) in [4.78, 5) is 28.7. The van der Waals surface area contributed by atoms with Crippen molar-refractivity contribution < 1.29 is 14.3 Å². The van der Waals surface area contributed by atoms with Crippen LogP contribution >= 0.6 is 0 Å². The van der Waals surface area contributed by atoms with Crippen molar-refractivity contribution in [3.05, 3.63) is 18.2 Å². The summed E-state index contributed by atoms with van der Waals surface area (Å²) in [6.45, 7) is 5.08. The third-order valence-electron chi connectivity index (χ3n) is 1.30. The van der Waals surface area contributed by atoms with Gasteiger partial charge in [0.15, 0.2) is 5.82 Å². The van der Waals surface area contributed by atoms with Crippen molar-refractivity contribution in [2.75, 3.05) is 0 Å². The Balaban J connectivity index is 2.68. The number of nitrogens with one attached hydrogen (secondary N) is 1. The van der Waals surface area contributed by atoms with Gasteiger partial charge in [-0.05, 0) is 20.8 Å². The zero-order valence-corrected chi connectivity index (χ0v) is 8.33. The van der Waals surface area contributed by atoms with Crippen LogP contribution in [0.2, 0.25) is 0 Å². The Kier molecular flexibility index (Phi) is 2.69. The van der Waals surface area contributed by atoms with Gasteiger partial charge in [-0.25, -0.2) is 9.78 Å². The lowest BCUT2D eigenvalue weighted by Gasteiger charge is -2.18. The number of Topliss-reactive ketones (excluding diaryl/α,β-unsaturated/α-hetero) is 1. The highest BCUT2D eigenvalue weighted by molar-refractivity contribution is 6.39. The average Bonchev–Trinajstić information content (AvgIpc) is 2.51. The van der Waals surface area contributed by atoms with Crippen LogP contribution in [-0.2, 0) is 9.53 Å². The molecule has 0 unspecified atom stereocenters. The summed E-state index contributed by atoms with van der Waals surface area (Å²) in [7, 11) is 0. The number of H-pyrrole nitrogens is 1. The SMILES string of the molecule is CC(C)(C)OC(=O)C(=O)c1ncc[nH]1. The minimum atomic E-state index is -0.896. The maximum absolute atomic E-state index is 11.3. The number of ether oxygens (including phenoxy) is 1. The van der Waals surface area contributed by atoms with Gasteiger partial charge in [-0.1, -0.05) is 0 Å². The summed E-state index contributed by atoms with van der Waals surface area (Å²) in [6, 6.07) is 0. The van der Waals surface area contributed by atoms with E-state index in [0.29, 0.717) is 0 Å². The Morgan fingerprint density at radius 3 is 2.50 bits per heavy atom. The number of esters is 1. The van der Waals surface area contributed by atoms with Crippen LogP contribution in [0.1, 0.15) is 31.4 Å². The molecule has 0 aliphatic carbocycles. The quantitative estimate of drug-likeness (QED) is 0.434. The van der Waals surface area contributed by atoms with E-state index in [1.54, 1.807) is 20.8 Å². The minimum Gasteiger partial charge on any atom is -0.454 e. The Labute approximate surface area is 81.5 Å². The molecule has 5 nitrogen and oxygen atoms in total. The smallest absolute Gasteiger partial charge is 0.383 e. The Hall–Kier alpha value is -1.65. The van der Waals surface area contributed by atoms with Crippen LogP contribution in [0.4, 0.5) is 0 Å². The lowest BCUT2D eigenvalue weighted by Crippen LogP contribution is -2.29. The van der Waals surface area contributed by atoms with E-state index < -0.39 is 17.4 Å². The Morgan fingerprint density at radius 1 is 1.43 bits per heavy atom. The second-order valence-electron chi connectivity index (χ2n) is 3.77. The predicted molar refractivity (Wildman–Crippen MR) is 48.8 cm³/mol. The molecule has 1 rings (SSSR count). The summed E-state index contributed by atoms with van der Waals surface area (Å²) < 4.78 is 4.87. The van der Waals surface area contributed by atoms with E-state index in [1.807, 2.05) is 0 Å². The standard InChI is InChI=1S/C9H12N2O3/c1-9(2,3)14-8(13)6(12)7-10-4-5-11-7/h4-5H,1-3H3,(H,10,11). The fourth-order valence-electron chi connectivity index (χ4n) is 0.811. The lowest BCUT2D eigenvalue weighted by molar-refractivity contribution is -0.148. The molecule has 76 valence electrons. The van der Waals surface area contributed by atoms with Crippen LogP contribution in [0.25, 0.3) is 0 Å². The molecule has 0 saturated carbocycles. The van der Waals surface area contributed by atoms with E-state index in [9.17, 15) is 9.59 Å². The molecule has 14 heavy (non-hydrogen) atoms. The fraction of sp³-hybridized carbons (Fsp3) is 0.444. The topological polar surface area (TPSA) is 72.1 Å². The van der Waals surface area contributed by atoms with Gasteiger partial charge in [-0.2, -0.15) is 0 Å². The normalized spacial score (nSPS) is 11.1. The highest BCUT2D eigenvalue weighted by atomic mass is 16.6. The summed E-state index contributed by atoms with van der Waals surface area (Å²) in [5, 5.41) is 0. The van der Waals surface area contributed by atoms with Gasteiger partial charge < -0.3 is 9.72 Å². The van der Waals surface area contributed by atoms with Crippen molar-refractivity contribution in [2.24, 2.45) is 0 Å². The van der Waals surface area contributed by atoms with Gasteiger partial charge in [0.25, 0.3) is 0 Å². The van der Waals surface area contributed by atoms with Crippen LogP contribution in [0.15, 0.2) is 12.4 Å². The minimum absolute atomic E-state index is 0.000694. The van der Waals surface area contributed by atoms with Crippen LogP contribution in [0, 0.1) is 0 Å². The first-order valence-electron chi connectivity index (χ1n) is 4.17.